The second kappa shape index (κ2) is 3.76. The lowest BCUT2D eigenvalue weighted by molar-refractivity contribution is -0.132. The third kappa shape index (κ3) is 4.33. The minimum atomic E-state index is -4.47. The van der Waals surface area contributed by atoms with E-state index in [1.807, 2.05) is 0 Å². The summed E-state index contributed by atoms with van der Waals surface area (Å²) in [5.74, 6) is -1.65. The molecule has 0 aliphatic heterocycles. The maximum Gasteiger partial charge on any atom is 0.392 e. The summed E-state index contributed by atoms with van der Waals surface area (Å²) in [5.41, 5.74) is -0.896. The third-order valence-electron chi connectivity index (χ3n) is 0.889. The standard InChI is InChI=1S/C6H4F3NO2/c7-6(8,9)2-1-4(3-10)5(11)12/h1H,2H2,(H,11,12). The van der Waals surface area contributed by atoms with Crippen molar-refractivity contribution in [2.45, 2.75) is 12.6 Å². The van der Waals surface area contributed by atoms with Gasteiger partial charge in [0.25, 0.3) is 0 Å². The fourth-order valence-corrected chi connectivity index (χ4v) is 0.399. The Kier molecular flexibility index (Phi) is 3.29. The van der Waals surface area contributed by atoms with Gasteiger partial charge in [-0.15, -0.1) is 0 Å². The van der Waals surface area contributed by atoms with Gasteiger partial charge in [0, 0.05) is 0 Å². The lowest BCUT2D eigenvalue weighted by Gasteiger charge is -2.00. The summed E-state index contributed by atoms with van der Waals surface area (Å²) in [6, 6.07) is 1.14. The summed E-state index contributed by atoms with van der Waals surface area (Å²) in [6.07, 6.45) is -5.54. The van der Waals surface area contributed by atoms with E-state index < -0.39 is 24.1 Å². The first kappa shape index (κ1) is 10.5. The molecule has 0 aliphatic carbocycles. The van der Waals surface area contributed by atoms with Crippen LogP contribution in [0.15, 0.2) is 11.6 Å². The molecule has 0 aromatic heterocycles. The van der Waals surface area contributed by atoms with Crippen LogP contribution in [0.4, 0.5) is 13.2 Å². The van der Waals surface area contributed by atoms with E-state index in [2.05, 4.69) is 0 Å². The molecule has 6 heteroatoms. The Morgan fingerprint density at radius 2 is 2.08 bits per heavy atom. The van der Waals surface area contributed by atoms with Gasteiger partial charge in [0.15, 0.2) is 0 Å². The average Bonchev–Trinajstić information content (AvgIpc) is 1.85. The molecular weight excluding hydrogens is 175 g/mol. The monoisotopic (exact) mass is 179 g/mol. The van der Waals surface area contributed by atoms with Gasteiger partial charge in [-0.05, 0) is 0 Å². The van der Waals surface area contributed by atoms with E-state index in [9.17, 15) is 18.0 Å². The Labute approximate surface area is 65.7 Å². The number of allylic oxidation sites excluding steroid dienone is 1. The molecule has 12 heavy (non-hydrogen) atoms. The zero-order valence-electron chi connectivity index (χ0n) is 5.72. The van der Waals surface area contributed by atoms with Gasteiger partial charge in [-0.2, -0.15) is 18.4 Å². The molecule has 0 aromatic carbocycles. The van der Waals surface area contributed by atoms with E-state index in [1.54, 1.807) is 0 Å². The van der Waals surface area contributed by atoms with Crippen molar-refractivity contribution < 1.29 is 23.1 Å². The summed E-state index contributed by atoms with van der Waals surface area (Å²) >= 11 is 0. The largest absolute Gasteiger partial charge is 0.477 e. The van der Waals surface area contributed by atoms with Crippen LogP contribution in [0.5, 0.6) is 0 Å². The highest BCUT2D eigenvalue weighted by molar-refractivity contribution is 5.90. The average molecular weight is 179 g/mol. The van der Waals surface area contributed by atoms with Gasteiger partial charge in [-0.3, -0.25) is 0 Å². The molecule has 0 saturated carbocycles. The van der Waals surface area contributed by atoms with E-state index in [4.69, 9.17) is 10.4 Å². The van der Waals surface area contributed by atoms with Crippen molar-refractivity contribution in [1.82, 2.24) is 0 Å². The van der Waals surface area contributed by atoms with Gasteiger partial charge in [-0.1, -0.05) is 6.08 Å². The van der Waals surface area contributed by atoms with E-state index in [0.29, 0.717) is 6.08 Å². The molecule has 0 rings (SSSR count). The molecule has 66 valence electrons. The lowest BCUT2D eigenvalue weighted by atomic mass is 10.2. The molecule has 0 aliphatic rings. The molecule has 0 radical (unpaired) electrons. The summed E-state index contributed by atoms with van der Waals surface area (Å²) in [6.45, 7) is 0. The molecule has 0 heterocycles. The highest BCUT2D eigenvalue weighted by Gasteiger charge is 2.26. The first-order valence-corrected chi connectivity index (χ1v) is 2.77. The van der Waals surface area contributed by atoms with Crippen molar-refractivity contribution in [3.05, 3.63) is 11.6 Å². The lowest BCUT2D eigenvalue weighted by Crippen LogP contribution is -2.07. The molecule has 0 amide bonds. The molecule has 0 atom stereocenters. The van der Waals surface area contributed by atoms with Gasteiger partial charge in [0.2, 0.25) is 0 Å². The number of carboxylic acids is 1. The zero-order valence-corrected chi connectivity index (χ0v) is 5.72. The number of hydrogen-bond donors (Lipinski definition) is 1. The fraction of sp³-hybridized carbons (Fsp3) is 0.333. The Morgan fingerprint density at radius 3 is 2.33 bits per heavy atom. The van der Waals surface area contributed by atoms with Crippen molar-refractivity contribution in [2.75, 3.05) is 0 Å². The Hall–Kier alpha value is -1.51. The smallest absolute Gasteiger partial charge is 0.392 e. The third-order valence-corrected chi connectivity index (χ3v) is 0.889. The van der Waals surface area contributed by atoms with Gasteiger partial charge in [-0.25, -0.2) is 4.79 Å². The van der Waals surface area contributed by atoms with E-state index in [-0.39, 0.29) is 0 Å². The number of halogens is 3. The van der Waals surface area contributed by atoms with Crippen LogP contribution in [0.3, 0.4) is 0 Å². The van der Waals surface area contributed by atoms with Gasteiger partial charge >= 0.3 is 12.1 Å². The Morgan fingerprint density at radius 1 is 1.58 bits per heavy atom. The molecule has 0 aromatic rings. The number of carbonyl (C=O) groups is 1. The van der Waals surface area contributed by atoms with Crippen molar-refractivity contribution >= 4 is 5.97 Å². The van der Waals surface area contributed by atoms with Gasteiger partial charge in [0.05, 0.1) is 6.42 Å². The van der Waals surface area contributed by atoms with Crippen molar-refractivity contribution in [3.63, 3.8) is 0 Å². The minimum Gasteiger partial charge on any atom is -0.477 e. The maximum atomic E-state index is 11.5. The molecule has 0 spiro atoms. The van der Waals surface area contributed by atoms with Crippen LogP contribution >= 0.6 is 0 Å². The van der Waals surface area contributed by atoms with Crippen LogP contribution in [0, 0.1) is 11.3 Å². The predicted molar refractivity (Wildman–Crippen MR) is 32.0 cm³/mol. The second-order valence-corrected chi connectivity index (χ2v) is 1.85. The number of aliphatic carboxylic acids is 1. The molecule has 3 nitrogen and oxygen atoms in total. The van der Waals surface area contributed by atoms with Crippen LogP contribution in [0.1, 0.15) is 6.42 Å². The van der Waals surface area contributed by atoms with Crippen LogP contribution < -0.4 is 0 Å². The number of nitriles is 1. The number of rotatable bonds is 2. The van der Waals surface area contributed by atoms with Crippen molar-refractivity contribution in [1.29, 1.82) is 5.26 Å². The van der Waals surface area contributed by atoms with E-state index in [1.165, 1.54) is 0 Å². The predicted octanol–water partition coefficient (Wildman–Crippen LogP) is 1.47. The molecule has 1 N–H and O–H groups in total. The van der Waals surface area contributed by atoms with Crippen LogP contribution in [0.25, 0.3) is 0 Å². The quantitative estimate of drug-likeness (QED) is 0.515. The van der Waals surface area contributed by atoms with Crippen LogP contribution in [-0.2, 0) is 4.79 Å². The number of alkyl halides is 3. The minimum absolute atomic E-state index is 0.336. The SMILES string of the molecule is N#CC(=CCC(F)(F)F)C(=O)O. The Bertz CT molecular complexity index is 248. The van der Waals surface area contributed by atoms with Crippen LogP contribution in [0.2, 0.25) is 0 Å². The summed E-state index contributed by atoms with van der Waals surface area (Å²) in [4.78, 5) is 9.99. The van der Waals surface area contributed by atoms with E-state index >= 15 is 0 Å². The van der Waals surface area contributed by atoms with E-state index in [0.717, 1.165) is 6.07 Å². The molecule has 0 saturated heterocycles. The summed E-state index contributed by atoms with van der Waals surface area (Å²) < 4.78 is 34.4. The molecular formula is C6H4F3NO2. The zero-order chi connectivity index (χ0) is 9.78. The number of carboxylic acid groups (broad SMARTS) is 1. The van der Waals surface area contributed by atoms with Gasteiger partial charge in [0.1, 0.15) is 11.6 Å². The maximum absolute atomic E-state index is 11.5. The van der Waals surface area contributed by atoms with Crippen molar-refractivity contribution in [3.8, 4) is 6.07 Å². The van der Waals surface area contributed by atoms with Gasteiger partial charge < -0.3 is 5.11 Å². The highest BCUT2D eigenvalue weighted by atomic mass is 19.4. The first-order valence-electron chi connectivity index (χ1n) is 2.77. The molecule has 0 unspecified atom stereocenters. The summed E-state index contributed by atoms with van der Waals surface area (Å²) in [5, 5.41) is 16.1. The molecule has 0 bridgehead atoms. The fourth-order valence-electron chi connectivity index (χ4n) is 0.399. The van der Waals surface area contributed by atoms with Crippen LogP contribution in [-0.4, -0.2) is 17.3 Å². The first-order chi connectivity index (χ1) is 5.37. The normalized spacial score (nSPS) is 12.3. The second-order valence-electron chi connectivity index (χ2n) is 1.85. The number of nitrogens with zero attached hydrogens (tertiary/aromatic N) is 1. The molecule has 0 fully saturated rings. The Balaban J connectivity index is 4.36. The summed E-state index contributed by atoms with van der Waals surface area (Å²) in [7, 11) is 0. The van der Waals surface area contributed by atoms with Crippen molar-refractivity contribution in [2.24, 2.45) is 0 Å². The topological polar surface area (TPSA) is 61.1 Å². The highest BCUT2D eigenvalue weighted by Crippen LogP contribution is 2.20. The number of hydrogen-bond acceptors (Lipinski definition) is 2.